The van der Waals surface area contributed by atoms with Gasteiger partial charge in [-0.25, -0.2) is 0 Å². The molecule has 0 bridgehead atoms. The average Bonchev–Trinajstić information content (AvgIpc) is 2.25. The maximum Gasteiger partial charge on any atom is 0.416 e. The van der Waals surface area contributed by atoms with E-state index in [0.717, 1.165) is 12.1 Å². The first-order valence-corrected chi connectivity index (χ1v) is 4.48. The number of rotatable bonds is 3. The van der Waals surface area contributed by atoms with Crippen molar-refractivity contribution < 1.29 is 18.4 Å². The van der Waals surface area contributed by atoms with Gasteiger partial charge in [0.05, 0.1) is 11.3 Å². The molecule has 5 heteroatoms. The molecule has 0 atom stereocenters. The maximum atomic E-state index is 12.3. The Kier molecular flexibility index (Phi) is 3.71. The predicted octanol–water partition coefficient (Wildman–Crippen LogP) is 3.46. The summed E-state index contributed by atoms with van der Waals surface area (Å²) in [4.78, 5) is 0. The normalized spacial score (nSPS) is 12.6. The third-order valence-electron chi connectivity index (χ3n) is 2.00. The van der Waals surface area contributed by atoms with Gasteiger partial charge in [0.25, 0.3) is 0 Å². The van der Waals surface area contributed by atoms with Crippen LogP contribution in [0.4, 0.5) is 13.2 Å². The molecule has 0 aliphatic heterocycles. The summed E-state index contributed by atoms with van der Waals surface area (Å²) in [5.41, 5.74) is -0.00809. The van der Waals surface area contributed by atoms with E-state index in [2.05, 4.69) is 11.7 Å². The minimum Gasteiger partial charge on any atom is -0.411 e. The second-order valence-corrected chi connectivity index (χ2v) is 3.11. The van der Waals surface area contributed by atoms with Crippen molar-refractivity contribution >= 4 is 5.71 Å². The summed E-state index contributed by atoms with van der Waals surface area (Å²) in [5.74, 6) is 0. The highest BCUT2D eigenvalue weighted by Crippen LogP contribution is 2.29. The van der Waals surface area contributed by atoms with Crippen LogP contribution < -0.4 is 0 Å². The fourth-order valence-electron chi connectivity index (χ4n) is 1.20. The summed E-state index contributed by atoms with van der Waals surface area (Å²) in [6, 6.07) is 4.43. The Hall–Kier alpha value is -1.78. The highest BCUT2D eigenvalue weighted by Gasteiger charge is 2.30. The van der Waals surface area contributed by atoms with Crippen LogP contribution in [0.3, 0.4) is 0 Å². The lowest BCUT2D eigenvalue weighted by Gasteiger charge is -2.07. The summed E-state index contributed by atoms with van der Waals surface area (Å²) < 4.78 is 36.8. The Balaban J connectivity index is 2.99. The molecule has 0 spiro atoms. The van der Waals surface area contributed by atoms with Crippen molar-refractivity contribution in [3.63, 3.8) is 0 Å². The third-order valence-corrected chi connectivity index (χ3v) is 2.00. The van der Waals surface area contributed by atoms with Gasteiger partial charge in [0.1, 0.15) is 0 Å². The van der Waals surface area contributed by atoms with Crippen molar-refractivity contribution in [2.45, 2.75) is 12.6 Å². The van der Waals surface area contributed by atoms with Crippen LogP contribution in [-0.4, -0.2) is 10.9 Å². The summed E-state index contributed by atoms with van der Waals surface area (Å²) in [7, 11) is 0. The number of alkyl halides is 3. The van der Waals surface area contributed by atoms with E-state index >= 15 is 0 Å². The van der Waals surface area contributed by atoms with Crippen molar-refractivity contribution in [2.24, 2.45) is 5.16 Å². The molecule has 1 N–H and O–H groups in total. The Morgan fingerprint density at radius 2 is 1.88 bits per heavy atom. The molecule has 1 rings (SSSR count). The molecule has 0 unspecified atom stereocenters. The van der Waals surface area contributed by atoms with Gasteiger partial charge in [0.15, 0.2) is 0 Å². The maximum absolute atomic E-state index is 12.3. The zero-order chi connectivity index (χ0) is 12.2. The largest absolute Gasteiger partial charge is 0.416 e. The van der Waals surface area contributed by atoms with E-state index in [4.69, 9.17) is 5.21 Å². The van der Waals surface area contributed by atoms with Crippen LogP contribution in [0.5, 0.6) is 0 Å². The van der Waals surface area contributed by atoms with Gasteiger partial charge in [0.2, 0.25) is 0 Å². The first-order valence-electron chi connectivity index (χ1n) is 4.48. The minimum atomic E-state index is -4.35. The zero-order valence-electron chi connectivity index (χ0n) is 8.33. The van der Waals surface area contributed by atoms with Crippen LogP contribution in [0.2, 0.25) is 0 Å². The van der Waals surface area contributed by atoms with Crippen molar-refractivity contribution in [1.29, 1.82) is 0 Å². The topological polar surface area (TPSA) is 32.6 Å². The van der Waals surface area contributed by atoms with Crippen LogP contribution in [0.1, 0.15) is 17.5 Å². The number of nitrogens with zero attached hydrogens (tertiary/aromatic N) is 1. The van der Waals surface area contributed by atoms with Gasteiger partial charge in [0, 0.05) is 6.42 Å². The number of hydrogen-bond acceptors (Lipinski definition) is 2. The van der Waals surface area contributed by atoms with E-state index in [-0.39, 0.29) is 5.71 Å². The van der Waals surface area contributed by atoms with Gasteiger partial charge < -0.3 is 5.21 Å². The predicted molar refractivity (Wildman–Crippen MR) is 54.6 cm³/mol. The van der Waals surface area contributed by atoms with Crippen molar-refractivity contribution in [3.05, 3.63) is 48.0 Å². The van der Waals surface area contributed by atoms with Crippen molar-refractivity contribution in [2.75, 3.05) is 0 Å². The molecule has 0 saturated carbocycles. The smallest absolute Gasteiger partial charge is 0.411 e. The van der Waals surface area contributed by atoms with Crippen molar-refractivity contribution in [3.8, 4) is 0 Å². The van der Waals surface area contributed by atoms with Gasteiger partial charge in [-0.15, -0.1) is 6.58 Å². The monoisotopic (exact) mass is 229 g/mol. The molecule has 1 aromatic carbocycles. The zero-order valence-corrected chi connectivity index (χ0v) is 8.33. The fourth-order valence-corrected chi connectivity index (χ4v) is 1.20. The molecule has 0 aliphatic carbocycles. The van der Waals surface area contributed by atoms with Crippen LogP contribution in [0.15, 0.2) is 42.1 Å². The molecule has 0 saturated heterocycles. The lowest BCUT2D eigenvalue weighted by Crippen LogP contribution is -2.06. The SMILES string of the molecule is C=CCC(=NO)c1ccc(C(F)(F)F)cc1. The van der Waals surface area contributed by atoms with Gasteiger partial charge in [-0.05, 0) is 17.7 Å². The second-order valence-electron chi connectivity index (χ2n) is 3.11. The summed E-state index contributed by atoms with van der Waals surface area (Å²) >= 11 is 0. The van der Waals surface area contributed by atoms with E-state index in [0.29, 0.717) is 12.0 Å². The Morgan fingerprint density at radius 3 is 2.25 bits per heavy atom. The quantitative estimate of drug-likeness (QED) is 0.366. The molecule has 0 fully saturated rings. The lowest BCUT2D eigenvalue weighted by molar-refractivity contribution is -0.137. The molecule has 2 nitrogen and oxygen atoms in total. The van der Waals surface area contributed by atoms with Gasteiger partial charge in [-0.1, -0.05) is 23.4 Å². The highest BCUT2D eigenvalue weighted by molar-refractivity contribution is 6.01. The molecule has 0 aliphatic rings. The summed E-state index contributed by atoms with van der Waals surface area (Å²) in [6.07, 6.45) is -2.55. The average molecular weight is 229 g/mol. The second kappa shape index (κ2) is 4.83. The molecule has 0 amide bonds. The van der Waals surface area contributed by atoms with Gasteiger partial charge >= 0.3 is 6.18 Å². The molecule has 16 heavy (non-hydrogen) atoms. The molecule has 86 valence electrons. The number of halogens is 3. The first-order chi connectivity index (χ1) is 7.49. The fraction of sp³-hybridized carbons (Fsp3) is 0.182. The van der Waals surface area contributed by atoms with E-state index in [1.165, 1.54) is 18.2 Å². The summed E-state index contributed by atoms with van der Waals surface area (Å²) in [5, 5.41) is 11.7. The standard InChI is InChI=1S/C11H10F3NO/c1-2-3-10(15-16)8-4-6-9(7-5-8)11(12,13)14/h2,4-7,16H,1,3H2. The molecule has 1 aromatic rings. The molecule has 0 radical (unpaired) electrons. The van der Waals surface area contributed by atoms with Gasteiger partial charge in [-0.2, -0.15) is 13.2 Å². The third kappa shape index (κ3) is 2.85. The van der Waals surface area contributed by atoms with E-state index in [9.17, 15) is 13.2 Å². The number of hydrogen-bond donors (Lipinski definition) is 1. The van der Waals surface area contributed by atoms with Gasteiger partial charge in [-0.3, -0.25) is 0 Å². The lowest BCUT2D eigenvalue weighted by atomic mass is 10.1. The number of benzene rings is 1. The van der Waals surface area contributed by atoms with Crippen LogP contribution in [0.25, 0.3) is 0 Å². The van der Waals surface area contributed by atoms with E-state index in [1.807, 2.05) is 0 Å². The molecular formula is C11H10F3NO. The van der Waals surface area contributed by atoms with Crippen LogP contribution in [0, 0.1) is 0 Å². The van der Waals surface area contributed by atoms with E-state index in [1.54, 1.807) is 0 Å². The first kappa shape index (κ1) is 12.3. The molecule has 0 heterocycles. The Bertz CT molecular complexity index is 393. The highest BCUT2D eigenvalue weighted by atomic mass is 19.4. The minimum absolute atomic E-state index is 0.281. The van der Waals surface area contributed by atoms with Crippen LogP contribution >= 0.6 is 0 Å². The van der Waals surface area contributed by atoms with E-state index < -0.39 is 11.7 Å². The number of allylic oxidation sites excluding steroid dienone is 1. The number of oxime groups is 1. The molecular weight excluding hydrogens is 219 g/mol. The van der Waals surface area contributed by atoms with Crippen molar-refractivity contribution in [1.82, 2.24) is 0 Å². The van der Waals surface area contributed by atoms with Crippen LogP contribution in [-0.2, 0) is 6.18 Å². The Morgan fingerprint density at radius 1 is 1.31 bits per heavy atom. The summed E-state index contributed by atoms with van der Waals surface area (Å²) in [6.45, 7) is 3.46. The Labute approximate surface area is 90.7 Å². The molecule has 0 aromatic heterocycles.